The molecule has 0 aliphatic heterocycles. The fourth-order valence-electron chi connectivity index (χ4n) is 2.38. The van der Waals surface area contributed by atoms with Crippen molar-refractivity contribution in [3.05, 3.63) is 65.9 Å². The lowest BCUT2D eigenvalue weighted by molar-refractivity contribution is 0.0953. The minimum Gasteiger partial charge on any atom is -0.290 e. The molecule has 1 aromatic heterocycles. The van der Waals surface area contributed by atoms with Crippen molar-refractivity contribution in [1.29, 1.82) is 0 Å². The summed E-state index contributed by atoms with van der Waals surface area (Å²) in [6.45, 7) is 2.01. The van der Waals surface area contributed by atoms with Gasteiger partial charge in [0.2, 0.25) is 0 Å². The molecule has 4 heteroatoms. The highest BCUT2D eigenvalue weighted by Gasteiger charge is 2.09. The van der Waals surface area contributed by atoms with Crippen LogP contribution in [0.2, 0.25) is 0 Å². The third-order valence-corrected chi connectivity index (χ3v) is 3.53. The van der Waals surface area contributed by atoms with Crippen molar-refractivity contribution in [3.8, 4) is 11.1 Å². The van der Waals surface area contributed by atoms with Crippen molar-refractivity contribution in [2.24, 2.45) is 5.84 Å². The average molecular weight is 277 g/mol. The Labute approximate surface area is 122 Å². The molecule has 3 N–H and O–H groups in total. The van der Waals surface area contributed by atoms with Gasteiger partial charge in [-0.25, -0.2) is 5.84 Å². The van der Waals surface area contributed by atoms with E-state index in [-0.39, 0.29) is 5.91 Å². The van der Waals surface area contributed by atoms with Crippen LogP contribution in [0.5, 0.6) is 0 Å². The molecule has 3 rings (SSSR count). The summed E-state index contributed by atoms with van der Waals surface area (Å²) < 4.78 is 0. The third-order valence-electron chi connectivity index (χ3n) is 3.53. The van der Waals surface area contributed by atoms with Crippen LogP contribution in [0, 0.1) is 6.92 Å². The van der Waals surface area contributed by atoms with E-state index in [0.29, 0.717) is 5.56 Å². The SMILES string of the molecule is Cc1ccc(C(=O)NN)cc1-c1cnc2ccccc2c1. The van der Waals surface area contributed by atoms with Gasteiger partial charge in [-0.15, -0.1) is 0 Å². The summed E-state index contributed by atoms with van der Waals surface area (Å²) in [7, 11) is 0. The molecule has 2 aromatic carbocycles. The number of carbonyl (C=O) groups is 1. The molecule has 0 aliphatic carbocycles. The number of hydrogen-bond donors (Lipinski definition) is 2. The standard InChI is InChI=1S/C17H15N3O/c1-11-6-7-13(17(21)20-18)9-15(11)14-8-12-4-2-3-5-16(12)19-10-14/h2-10H,18H2,1H3,(H,20,21). The molecule has 1 heterocycles. The van der Waals surface area contributed by atoms with E-state index < -0.39 is 0 Å². The molecule has 0 saturated heterocycles. The van der Waals surface area contributed by atoms with Gasteiger partial charge in [-0.1, -0.05) is 24.3 Å². The molecule has 0 unspecified atom stereocenters. The molecule has 104 valence electrons. The zero-order valence-corrected chi connectivity index (χ0v) is 11.6. The topological polar surface area (TPSA) is 68.0 Å². The first-order chi connectivity index (χ1) is 10.2. The molecule has 0 saturated carbocycles. The van der Waals surface area contributed by atoms with Gasteiger partial charge in [-0.3, -0.25) is 15.2 Å². The van der Waals surface area contributed by atoms with Gasteiger partial charge in [0.15, 0.2) is 0 Å². The van der Waals surface area contributed by atoms with Crippen molar-refractivity contribution >= 4 is 16.8 Å². The molecular formula is C17H15N3O. The van der Waals surface area contributed by atoms with Gasteiger partial charge in [0, 0.05) is 22.7 Å². The second-order valence-corrected chi connectivity index (χ2v) is 4.92. The molecule has 0 fully saturated rings. The van der Waals surface area contributed by atoms with Gasteiger partial charge in [0.05, 0.1) is 5.52 Å². The summed E-state index contributed by atoms with van der Waals surface area (Å²) in [6.07, 6.45) is 1.83. The maximum Gasteiger partial charge on any atom is 0.265 e. The number of nitrogens with two attached hydrogens (primary N) is 1. The van der Waals surface area contributed by atoms with E-state index >= 15 is 0 Å². The number of fused-ring (bicyclic) bond motifs is 1. The van der Waals surface area contributed by atoms with Crippen molar-refractivity contribution in [2.75, 3.05) is 0 Å². The number of para-hydroxylation sites is 1. The van der Waals surface area contributed by atoms with Crippen LogP contribution < -0.4 is 11.3 Å². The summed E-state index contributed by atoms with van der Waals surface area (Å²) in [4.78, 5) is 16.1. The Morgan fingerprint density at radius 1 is 1.14 bits per heavy atom. The average Bonchev–Trinajstić information content (AvgIpc) is 2.54. The van der Waals surface area contributed by atoms with E-state index in [0.717, 1.165) is 27.6 Å². The molecule has 0 atom stereocenters. The number of nitrogen functional groups attached to an aromatic ring is 1. The number of hydrogen-bond acceptors (Lipinski definition) is 3. The number of pyridine rings is 1. The highest BCUT2D eigenvalue weighted by Crippen LogP contribution is 2.26. The van der Waals surface area contributed by atoms with Crippen LogP contribution in [0.1, 0.15) is 15.9 Å². The van der Waals surface area contributed by atoms with Crippen molar-refractivity contribution in [1.82, 2.24) is 10.4 Å². The van der Waals surface area contributed by atoms with Crippen LogP contribution in [0.3, 0.4) is 0 Å². The first-order valence-electron chi connectivity index (χ1n) is 6.66. The Balaban J connectivity index is 2.15. The van der Waals surface area contributed by atoms with E-state index in [9.17, 15) is 4.79 Å². The maximum absolute atomic E-state index is 11.7. The minimum atomic E-state index is -0.301. The first kappa shape index (κ1) is 13.3. The Morgan fingerprint density at radius 2 is 1.95 bits per heavy atom. The Bertz CT molecular complexity index is 827. The van der Waals surface area contributed by atoms with Crippen LogP contribution in [0.4, 0.5) is 0 Å². The van der Waals surface area contributed by atoms with Crippen LogP contribution >= 0.6 is 0 Å². The highest BCUT2D eigenvalue weighted by molar-refractivity contribution is 5.95. The summed E-state index contributed by atoms with van der Waals surface area (Å²) in [5.41, 5.74) is 6.69. The van der Waals surface area contributed by atoms with Gasteiger partial charge in [-0.05, 0) is 42.3 Å². The Hall–Kier alpha value is -2.72. The maximum atomic E-state index is 11.7. The van der Waals surface area contributed by atoms with E-state index in [1.165, 1.54) is 0 Å². The lowest BCUT2D eigenvalue weighted by Gasteiger charge is -2.09. The molecule has 3 aromatic rings. The summed E-state index contributed by atoms with van der Waals surface area (Å²) >= 11 is 0. The quantitative estimate of drug-likeness (QED) is 0.430. The van der Waals surface area contributed by atoms with Gasteiger partial charge in [0.25, 0.3) is 5.91 Å². The summed E-state index contributed by atoms with van der Waals surface area (Å²) in [5, 5.41) is 1.07. The first-order valence-corrected chi connectivity index (χ1v) is 6.66. The number of carbonyl (C=O) groups excluding carboxylic acids is 1. The predicted molar refractivity (Wildman–Crippen MR) is 83.6 cm³/mol. The summed E-state index contributed by atoms with van der Waals surface area (Å²) in [5.74, 6) is 4.89. The molecular weight excluding hydrogens is 262 g/mol. The van der Waals surface area contributed by atoms with E-state index in [4.69, 9.17) is 5.84 Å². The lowest BCUT2D eigenvalue weighted by atomic mass is 9.98. The Morgan fingerprint density at radius 3 is 2.76 bits per heavy atom. The number of nitrogens with zero attached hydrogens (tertiary/aromatic N) is 1. The number of hydrazine groups is 1. The molecule has 4 nitrogen and oxygen atoms in total. The second-order valence-electron chi connectivity index (χ2n) is 4.92. The summed E-state index contributed by atoms with van der Waals surface area (Å²) in [6, 6.07) is 15.5. The van der Waals surface area contributed by atoms with Crippen LogP contribution in [-0.4, -0.2) is 10.9 Å². The third kappa shape index (κ3) is 2.49. The zero-order chi connectivity index (χ0) is 14.8. The second kappa shape index (κ2) is 5.34. The van der Waals surface area contributed by atoms with Crippen molar-refractivity contribution < 1.29 is 4.79 Å². The number of aromatic nitrogens is 1. The van der Waals surface area contributed by atoms with Gasteiger partial charge in [-0.2, -0.15) is 0 Å². The van der Waals surface area contributed by atoms with E-state index in [1.54, 1.807) is 6.07 Å². The van der Waals surface area contributed by atoms with Crippen LogP contribution in [0.25, 0.3) is 22.0 Å². The molecule has 1 amide bonds. The highest BCUT2D eigenvalue weighted by atomic mass is 16.2. The zero-order valence-electron chi connectivity index (χ0n) is 11.6. The van der Waals surface area contributed by atoms with Crippen molar-refractivity contribution in [3.63, 3.8) is 0 Å². The Kier molecular flexibility index (Phi) is 3.38. The van der Waals surface area contributed by atoms with Crippen LogP contribution in [0.15, 0.2) is 54.7 Å². The normalized spacial score (nSPS) is 10.6. The fraction of sp³-hybridized carbons (Fsp3) is 0.0588. The predicted octanol–water partition coefficient (Wildman–Crippen LogP) is 2.81. The van der Waals surface area contributed by atoms with E-state index in [1.807, 2.05) is 49.5 Å². The number of benzene rings is 2. The largest absolute Gasteiger partial charge is 0.290 e. The van der Waals surface area contributed by atoms with Gasteiger partial charge < -0.3 is 0 Å². The number of aryl methyl sites for hydroxylation is 1. The molecule has 0 radical (unpaired) electrons. The number of amides is 1. The van der Waals surface area contributed by atoms with Crippen LogP contribution in [-0.2, 0) is 0 Å². The molecule has 0 aliphatic rings. The smallest absolute Gasteiger partial charge is 0.265 e. The monoisotopic (exact) mass is 277 g/mol. The van der Waals surface area contributed by atoms with E-state index in [2.05, 4.69) is 16.5 Å². The fourth-order valence-corrected chi connectivity index (χ4v) is 2.38. The lowest BCUT2D eigenvalue weighted by Crippen LogP contribution is -2.29. The minimum absolute atomic E-state index is 0.301. The molecule has 0 bridgehead atoms. The number of nitrogens with one attached hydrogen (secondary N) is 1. The number of rotatable bonds is 2. The van der Waals surface area contributed by atoms with Crippen molar-refractivity contribution in [2.45, 2.75) is 6.92 Å². The molecule has 21 heavy (non-hydrogen) atoms. The van der Waals surface area contributed by atoms with Gasteiger partial charge in [0.1, 0.15) is 0 Å². The molecule has 0 spiro atoms. The van der Waals surface area contributed by atoms with Gasteiger partial charge >= 0.3 is 0 Å².